The highest BCUT2D eigenvalue weighted by molar-refractivity contribution is 5.95. The minimum absolute atomic E-state index is 0.0914. The number of piperidine rings is 1. The van der Waals surface area contributed by atoms with E-state index in [1.165, 1.54) is 6.33 Å². The van der Waals surface area contributed by atoms with Gasteiger partial charge in [0.1, 0.15) is 6.33 Å². The Morgan fingerprint density at radius 3 is 2.91 bits per heavy atom. The molecule has 0 unspecified atom stereocenters. The van der Waals surface area contributed by atoms with Gasteiger partial charge in [-0.05, 0) is 61.0 Å². The highest BCUT2D eigenvalue weighted by atomic mass is 16.2. The summed E-state index contributed by atoms with van der Waals surface area (Å²) in [4.78, 5) is 15.0. The third-order valence-electron chi connectivity index (χ3n) is 4.18. The van der Waals surface area contributed by atoms with E-state index in [0.29, 0.717) is 11.6 Å². The summed E-state index contributed by atoms with van der Waals surface area (Å²) in [5.41, 5.74) is 1.48. The fourth-order valence-electron chi connectivity index (χ4n) is 3.04. The first-order valence-electron chi connectivity index (χ1n) is 8.14. The molecule has 7 nitrogen and oxygen atoms in total. The molecule has 1 N–H and O–H groups in total. The summed E-state index contributed by atoms with van der Waals surface area (Å²) in [5, 5.41) is 14.5. The number of nitrogens with one attached hydrogen (secondary N) is 1. The Labute approximate surface area is 135 Å². The molecule has 0 saturated carbocycles. The van der Waals surface area contributed by atoms with Crippen LogP contribution in [0.25, 0.3) is 5.69 Å². The molecule has 0 radical (unpaired) electrons. The zero-order valence-electron chi connectivity index (χ0n) is 13.4. The van der Waals surface area contributed by atoms with Gasteiger partial charge in [-0.15, -0.1) is 5.10 Å². The molecule has 1 fully saturated rings. The van der Waals surface area contributed by atoms with Crippen molar-refractivity contribution in [1.82, 2.24) is 30.4 Å². The molecule has 1 aliphatic heterocycles. The summed E-state index contributed by atoms with van der Waals surface area (Å²) >= 11 is 0. The highest BCUT2D eigenvalue weighted by Crippen LogP contribution is 2.18. The standard InChI is InChI=1S/C16H22N6O/c1-2-10-21(14-6-8-17-9-7-14)16(23)13-4-3-5-15(11-13)22-12-18-19-20-22/h3-5,11-12,14,17H,2,6-10H2,1H3. The lowest BCUT2D eigenvalue weighted by atomic mass is 10.0. The Balaban J connectivity index is 1.83. The van der Waals surface area contributed by atoms with Gasteiger partial charge in [0.2, 0.25) is 0 Å². The van der Waals surface area contributed by atoms with Crippen LogP contribution >= 0.6 is 0 Å². The van der Waals surface area contributed by atoms with Crippen LogP contribution in [0, 0.1) is 0 Å². The fraction of sp³-hybridized carbons (Fsp3) is 0.500. The number of rotatable bonds is 5. The van der Waals surface area contributed by atoms with Crippen LogP contribution < -0.4 is 5.32 Å². The second-order valence-electron chi connectivity index (χ2n) is 5.78. The summed E-state index contributed by atoms with van der Waals surface area (Å²) in [5.74, 6) is 0.0914. The van der Waals surface area contributed by atoms with Gasteiger partial charge < -0.3 is 10.2 Å². The summed E-state index contributed by atoms with van der Waals surface area (Å²) in [6.45, 7) is 4.85. The number of amides is 1. The molecule has 2 aromatic rings. The molecular weight excluding hydrogens is 292 g/mol. The predicted octanol–water partition coefficient (Wildman–Crippen LogP) is 1.27. The molecular formula is C16H22N6O. The zero-order valence-corrected chi connectivity index (χ0v) is 13.4. The zero-order chi connectivity index (χ0) is 16.1. The van der Waals surface area contributed by atoms with E-state index in [1.54, 1.807) is 4.68 Å². The van der Waals surface area contributed by atoms with Crippen LogP contribution in [0.5, 0.6) is 0 Å². The lowest BCUT2D eigenvalue weighted by molar-refractivity contribution is 0.0642. The third kappa shape index (κ3) is 3.56. The summed E-state index contributed by atoms with van der Waals surface area (Å²) in [7, 11) is 0. The number of nitrogens with zero attached hydrogens (tertiary/aromatic N) is 5. The van der Waals surface area contributed by atoms with Crippen molar-refractivity contribution in [3.63, 3.8) is 0 Å². The molecule has 1 amide bonds. The second kappa shape index (κ2) is 7.32. The maximum atomic E-state index is 13.0. The maximum Gasteiger partial charge on any atom is 0.254 e. The van der Waals surface area contributed by atoms with E-state index >= 15 is 0 Å². The molecule has 0 spiro atoms. The minimum atomic E-state index is 0.0914. The van der Waals surface area contributed by atoms with Gasteiger partial charge in [-0.25, -0.2) is 4.68 Å². The molecule has 0 aliphatic carbocycles. The van der Waals surface area contributed by atoms with Crippen molar-refractivity contribution in [2.75, 3.05) is 19.6 Å². The predicted molar refractivity (Wildman–Crippen MR) is 86.4 cm³/mol. The number of carbonyl (C=O) groups excluding carboxylic acids is 1. The van der Waals surface area contributed by atoms with Crippen molar-refractivity contribution >= 4 is 5.91 Å². The van der Waals surface area contributed by atoms with Crippen LogP contribution in [0.2, 0.25) is 0 Å². The lowest BCUT2D eigenvalue weighted by Gasteiger charge is -2.34. The maximum absolute atomic E-state index is 13.0. The van der Waals surface area contributed by atoms with Crippen LogP contribution in [-0.4, -0.2) is 56.7 Å². The first-order valence-corrected chi connectivity index (χ1v) is 8.14. The van der Waals surface area contributed by atoms with Gasteiger partial charge in [-0.1, -0.05) is 13.0 Å². The van der Waals surface area contributed by atoms with Crippen molar-refractivity contribution in [2.45, 2.75) is 32.2 Å². The molecule has 1 saturated heterocycles. The summed E-state index contributed by atoms with van der Waals surface area (Å²) in [6, 6.07) is 7.79. The van der Waals surface area contributed by atoms with E-state index in [1.807, 2.05) is 29.2 Å². The van der Waals surface area contributed by atoms with Gasteiger partial charge >= 0.3 is 0 Å². The number of hydrogen-bond acceptors (Lipinski definition) is 5. The highest BCUT2D eigenvalue weighted by Gasteiger charge is 2.25. The Morgan fingerprint density at radius 1 is 1.39 bits per heavy atom. The topological polar surface area (TPSA) is 75.9 Å². The number of tetrazole rings is 1. The van der Waals surface area contributed by atoms with Crippen LogP contribution in [-0.2, 0) is 0 Å². The molecule has 0 atom stereocenters. The lowest BCUT2D eigenvalue weighted by Crippen LogP contribution is -2.46. The minimum Gasteiger partial charge on any atom is -0.336 e. The van der Waals surface area contributed by atoms with E-state index in [4.69, 9.17) is 0 Å². The SMILES string of the molecule is CCCN(C(=O)c1cccc(-n2cnnn2)c1)C1CCNCC1. The van der Waals surface area contributed by atoms with E-state index in [9.17, 15) is 4.79 Å². The Hall–Kier alpha value is -2.28. The first-order chi connectivity index (χ1) is 11.3. The van der Waals surface area contributed by atoms with Crippen molar-refractivity contribution in [3.8, 4) is 5.69 Å². The van der Waals surface area contributed by atoms with E-state index in [2.05, 4.69) is 27.8 Å². The number of carbonyl (C=O) groups is 1. The molecule has 3 rings (SSSR count). The van der Waals surface area contributed by atoms with Crippen molar-refractivity contribution in [3.05, 3.63) is 36.2 Å². The number of benzene rings is 1. The largest absolute Gasteiger partial charge is 0.336 e. The molecule has 0 bridgehead atoms. The molecule has 2 heterocycles. The Morgan fingerprint density at radius 2 is 2.22 bits per heavy atom. The second-order valence-corrected chi connectivity index (χ2v) is 5.78. The van der Waals surface area contributed by atoms with E-state index < -0.39 is 0 Å². The normalized spacial score (nSPS) is 15.5. The monoisotopic (exact) mass is 314 g/mol. The van der Waals surface area contributed by atoms with E-state index in [-0.39, 0.29) is 5.91 Å². The van der Waals surface area contributed by atoms with E-state index in [0.717, 1.165) is 44.6 Å². The number of aromatic nitrogens is 4. The van der Waals surface area contributed by atoms with Crippen LogP contribution in [0.1, 0.15) is 36.5 Å². The average molecular weight is 314 g/mol. The average Bonchev–Trinajstić information content (AvgIpc) is 3.15. The third-order valence-corrected chi connectivity index (χ3v) is 4.18. The molecule has 122 valence electrons. The summed E-state index contributed by atoms with van der Waals surface area (Å²) in [6.07, 6.45) is 4.51. The van der Waals surface area contributed by atoms with Gasteiger partial charge in [-0.3, -0.25) is 4.79 Å². The Bertz CT molecular complexity index is 636. The first kappa shape index (κ1) is 15.6. The van der Waals surface area contributed by atoms with Crippen molar-refractivity contribution < 1.29 is 4.79 Å². The van der Waals surface area contributed by atoms with Crippen LogP contribution in [0.15, 0.2) is 30.6 Å². The van der Waals surface area contributed by atoms with Crippen molar-refractivity contribution in [1.29, 1.82) is 0 Å². The van der Waals surface area contributed by atoms with Crippen LogP contribution in [0.3, 0.4) is 0 Å². The van der Waals surface area contributed by atoms with Gasteiger partial charge in [0.05, 0.1) is 5.69 Å². The summed E-state index contributed by atoms with van der Waals surface area (Å²) < 4.78 is 1.56. The number of hydrogen-bond donors (Lipinski definition) is 1. The molecule has 1 aromatic carbocycles. The Kier molecular flexibility index (Phi) is 4.97. The quantitative estimate of drug-likeness (QED) is 0.899. The smallest absolute Gasteiger partial charge is 0.254 e. The van der Waals surface area contributed by atoms with Gasteiger partial charge in [0.15, 0.2) is 0 Å². The van der Waals surface area contributed by atoms with Gasteiger partial charge in [0, 0.05) is 18.2 Å². The molecule has 23 heavy (non-hydrogen) atoms. The molecule has 1 aliphatic rings. The molecule has 1 aromatic heterocycles. The van der Waals surface area contributed by atoms with Crippen molar-refractivity contribution in [2.24, 2.45) is 0 Å². The van der Waals surface area contributed by atoms with Crippen LogP contribution in [0.4, 0.5) is 0 Å². The van der Waals surface area contributed by atoms with Gasteiger partial charge in [-0.2, -0.15) is 0 Å². The fourth-order valence-corrected chi connectivity index (χ4v) is 3.04. The van der Waals surface area contributed by atoms with Gasteiger partial charge in [0.25, 0.3) is 5.91 Å². The molecule has 7 heteroatoms.